The van der Waals surface area contributed by atoms with Crippen molar-refractivity contribution in [1.82, 2.24) is 0 Å². The summed E-state index contributed by atoms with van der Waals surface area (Å²) in [5, 5.41) is 0. The zero-order chi connectivity index (χ0) is 18.6. The monoisotopic (exact) mass is 407 g/mol. The Morgan fingerprint density at radius 1 is 0.852 bits per heavy atom. The molecule has 0 radical (unpaired) electrons. The topological polar surface area (TPSA) is 13.1 Å². The Labute approximate surface area is 172 Å². The minimum Gasteiger partial charge on any atom is -0.497 e. The van der Waals surface area contributed by atoms with Crippen molar-refractivity contribution in [2.24, 2.45) is 0 Å². The fourth-order valence-electron chi connectivity index (χ4n) is 2.82. The van der Waals surface area contributed by atoms with Gasteiger partial charge in [0.15, 0.2) is 0 Å². The molecule has 0 aliphatic rings. The summed E-state index contributed by atoms with van der Waals surface area (Å²) in [7, 11) is 1.68. The number of nitrogens with zero attached hydrogens (tertiary/aromatic N) is 1. The molecule has 0 saturated heterocycles. The van der Waals surface area contributed by atoms with Gasteiger partial charge in [0, 0.05) is 22.6 Å². The smallest absolute Gasteiger partial charge is 0.215 e. The molecule has 1 heterocycles. The van der Waals surface area contributed by atoms with Gasteiger partial charge in [0.25, 0.3) is 0 Å². The summed E-state index contributed by atoms with van der Waals surface area (Å²) in [4.78, 5) is 1.19. The van der Waals surface area contributed by atoms with Crippen molar-refractivity contribution in [2.45, 2.75) is 13.4 Å². The summed E-state index contributed by atoms with van der Waals surface area (Å²) in [5.41, 5.74) is 3.24. The maximum Gasteiger partial charge on any atom is 0.215 e. The summed E-state index contributed by atoms with van der Waals surface area (Å²) in [5.74, 6) is 0.840. The van der Waals surface area contributed by atoms with E-state index in [1.165, 1.54) is 4.90 Å². The molecule has 0 amide bonds. The van der Waals surface area contributed by atoms with Crippen LogP contribution in [0.1, 0.15) is 0 Å². The van der Waals surface area contributed by atoms with Crippen LogP contribution in [0.25, 0.3) is 16.9 Å². The highest BCUT2D eigenvalue weighted by Gasteiger charge is 2.23. The molecular weight excluding hydrogens is 390 g/mol. The van der Waals surface area contributed by atoms with Crippen LogP contribution in [0.15, 0.2) is 98.4 Å². The Morgan fingerprint density at radius 3 is 2.11 bits per heavy atom. The van der Waals surface area contributed by atoms with Gasteiger partial charge in [-0.25, -0.2) is 0 Å². The second-order valence-corrected chi connectivity index (χ2v) is 8.80. The third-order valence-electron chi connectivity index (χ3n) is 4.11. The average molecular weight is 408 g/mol. The number of rotatable bonds is 5. The molecule has 5 heteroatoms. The Morgan fingerprint density at radius 2 is 1.48 bits per heavy atom. The van der Waals surface area contributed by atoms with Gasteiger partial charge in [-0.15, -0.1) is 0 Å². The Kier molecular flexibility index (Phi) is 5.43. The number of hydrogen-bond donors (Lipinski definition) is 0. The predicted octanol–water partition coefficient (Wildman–Crippen LogP) is 5.76. The van der Waals surface area contributed by atoms with Gasteiger partial charge in [-0.2, -0.15) is 4.57 Å². The summed E-state index contributed by atoms with van der Waals surface area (Å²) < 4.78 is 9.59. The summed E-state index contributed by atoms with van der Waals surface area (Å²) in [6, 6.07) is 28.8. The standard InChI is InChI=1S/C22H17NOS3/c1-24-18-14-12-17(13-15-18)23-20(16-8-4-2-5-9-16)21(25)27-22(23)26-19-10-6-3-7-11-19/h2-15H,1H3. The molecule has 4 aromatic rings. The van der Waals surface area contributed by atoms with Gasteiger partial charge in [-0.1, -0.05) is 36.4 Å². The van der Waals surface area contributed by atoms with Crippen molar-refractivity contribution < 1.29 is 9.30 Å². The van der Waals surface area contributed by atoms with Crippen LogP contribution in [0.4, 0.5) is 0 Å². The zero-order valence-electron chi connectivity index (χ0n) is 14.7. The minimum atomic E-state index is 0.840. The largest absolute Gasteiger partial charge is 0.497 e. The lowest BCUT2D eigenvalue weighted by atomic mass is 10.1. The second-order valence-electron chi connectivity index (χ2n) is 5.82. The molecule has 0 bridgehead atoms. The number of aromatic nitrogens is 1. The molecule has 0 aliphatic heterocycles. The lowest BCUT2D eigenvalue weighted by molar-refractivity contribution is -0.618. The van der Waals surface area contributed by atoms with E-state index in [0.29, 0.717) is 0 Å². The predicted molar refractivity (Wildman–Crippen MR) is 114 cm³/mol. The van der Waals surface area contributed by atoms with Crippen molar-refractivity contribution in [3.8, 4) is 22.7 Å². The minimum absolute atomic E-state index is 0.840. The van der Waals surface area contributed by atoms with E-state index in [1.807, 2.05) is 36.4 Å². The quantitative estimate of drug-likeness (QED) is 0.308. The van der Waals surface area contributed by atoms with Crippen LogP contribution >= 0.6 is 23.1 Å². The SMILES string of the molecule is COc1ccc(-[n+]2c(Sc3ccccc3)sc([S-])c2-c2ccccc2)cc1. The van der Waals surface area contributed by atoms with E-state index in [4.69, 9.17) is 17.4 Å². The van der Waals surface area contributed by atoms with E-state index in [0.717, 1.165) is 31.2 Å². The molecule has 0 N–H and O–H groups in total. The lowest BCUT2D eigenvalue weighted by Crippen LogP contribution is -2.33. The fourth-order valence-corrected chi connectivity index (χ4v) is 5.67. The van der Waals surface area contributed by atoms with Crippen LogP contribution in [-0.2, 0) is 12.6 Å². The molecular formula is C22H17NOS3. The fraction of sp³-hybridized carbons (Fsp3) is 0.0455. The molecule has 3 aromatic carbocycles. The van der Waals surface area contributed by atoms with E-state index >= 15 is 0 Å². The molecule has 0 fully saturated rings. The van der Waals surface area contributed by atoms with Crippen LogP contribution < -0.4 is 9.30 Å². The Bertz CT molecular complexity index is 1030. The summed E-state index contributed by atoms with van der Waals surface area (Å²) >= 11 is 9.14. The van der Waals surface area contributed by atoms with Gasteiger partial charge in [-0.3, -0.25) is 11.3 Å². The number of ether oxygens (including phenoxy) is 1. The van der Waals surface area contributed by atoms with Crippen LogP contribution in [-0.4, -0.2) is 7.11 Å². The highest BCUT2D eigenvalue weighted by molar-refractivity contribution is 8.01. The highest BCUT2D eigenvalue weighted by Crippen LogP contribution is 2.36. The van der Waals surface area contributed by atoms with Gasteiger partial charge in [0.2, 0.25) is 15.7 Å². The first-order valence-electron chi connectivity index (χ1n) is 8.45. The van der Waals surface area contributed by atoms with Crippen LogP contribution in [0.3, 0.4) is 0 Å². The third-order valence-corrected chi connectivity index (χ3v) is 6.65. The molecule has 0 saturated carbocycles. The van der Waals surface area contributed by atoms with E-state index in [1.54, 1.807) is 30.2 Å². The zero-order valence-corrected chi connectivity index (χ0v) is 17.1. The van der Waals surface area contributed by atoms with Crippen LogP contribution in [0, 0.1) is 0 Å². The number of methoxy groups -OCH3 is 1. The summed E-state index contributed by atoms with van der Waals surface area (Å²) in [6.07, 6.45) is 0. The summed E-state index contributed by atoms with van der Waals surface area (Å²) in [6.45, 7) is 0. The lowest BCUT2D eigenvalue weighted by Gasteiger charge is -2.06. The van der Waals surface area contributed by atoms with Crippen molar-refractivity contribution in [1.29, 1.82) is 0 Å². The van der Waals surface area contributed by atoms with E-state index in [9.17, 15) is 0 Å². The molecule has 2 nitrogen and oxygen atoms in total. The number of benzene rings is 3. The van der Waals surface area contributed by atoms with E-state index in [-0.39, 0.29) is 0 Å². The van der Waals surface area contributed by atoms with Gasteiger partial charge in [0.1, 0.15) is 5.75 Å². The Balaban J connectivity index is 1.88. The number of hydrogen-bond acceptors (Lipinski definition) is 4. The molecule has 27 heavy (non-hydrogen) atoms. The van der Waals surface area contributed by atoms with Crippen LogP contribution in [0.2, 0.25) is 0 Å². The average Bonchev–Trinajstić information content (AvgIpc) is 3.05. The Hall–Kier alpha value is -2.34. The van der Waals surface area contributed by atoms with Gasteiger partial charge >= 0.3 is 0 Å². The first kappa shape index (κ1) is 18.0. The first-order chi connectivity index (χ1) is 13.3. The first-order valence-corrected chi connectivity index (χ1v) is 10.5. The van der Waals surface area contributed by atoms with Gasteiger partial charge < -0.3 is 17.4 Å². The normalized spacial score (nSPS) is 10.7. The highest BCUT2D eigenvalue weighted by atomic mass is 32.2. The molecule has 0 spiro atoms. The molecule has 0 aliphatic carbocycles. The van der Waals surface area contributed by atoms with Crippen molar-refractivity contribution in [3.63, 3.8) is 0 Å². The molecule has 4 rings (SSSR count). The second kappa shape index (κ2) is 8.13. The molecule has 134 valence electrons. The van der Waals surface area contributed by atoms with E-state index in [2.05, 4.69) is 53.1 Å². The number of thiazole rings is 1. The van der Waals surface area contributed by atoms with Crippen molar-refractivity contribution in [2.75, 3.05) is 7.11 Å². The van der Waals surface area contributed by atoms with E-state index < -0.39 is 0 Å². The molecule has 0 unspecified atom stereocenters. The van der Waals surface area contributed by atoms with Crippen molar-refractivity contribution in [3.05, 3.63) is 84.9 Å². The van der Waals surface area contributed by atoms with Gasteiger partial charge in [0.05, 0.1) is 7.11 Å². The molecule has 0 atom stereocenters. The van der Waals surface area contributed by atoms with Crippen molar-refractivity contribution >= 4 is 35.7 Å². The third kappa shape index (κ3) is 3.86. The molecule has 1 aromatic heterocycles. The van der Waals surface area contributed by atoms with Crippen LogP contribution in [0.5, 0.6) is 5.75 Å². The maximum absolute atomic E-state index is 5.77. The maximum atomic E-state index is 5.77. The van der Waals surface area contributed by atoms with Gasteiger partial charge in [-0.05, 0) is 52.4 Å².